The summed E-state index contributed by atoms with van der Waals surface area (Å²) in [6.07, 6.45) is 5.00. The van der Waals surface area contributed by atoms with Gasteiger partial charge in [-0.3, -0.25) is 0 Å². The molecule has 1 saturated carbocycles. The molecule has 1 aliphatic rings. The van der Waals surface area contributed by atoms with Crippen molar-refractivity contribution in [1.82, 2.24) is 0 Å². The van der Waals surface area contributed by atoms with Gasteiger partial charge >= 0.3 is 0 Å². The fourth-order valence-corrected chi connectivity index (χ4v) is 2.67. The zero-order chi connectivity index (χ0) is 12.3. The lowest BCUT2D eigenvalue weighted by molar-refractivity contribution is -0.0338. The van der Waals surface area contributed by atoms with Crippen LogP contribution in [0.5, 0.6) is 5.75 Å². The summed E-state index contributed by atoms with van der Waals surface area (Å²) < 4.78 is 6.57. The molecule has 0 radical (unpaired) electrons. The van der Waals surface area contributed by atoms with E-state index in [9.17, 15) is 5.11 Å². The highest BCUT2D eigenvalue weighted by Gasteiger charge is 2.30. The molecule has 17 heavy (non-hydrogen) atoms. The van der Waals surface area contributed by atoms with Crippen LogP contribution in [0.25, 0.3) is 0 Å². The third-order valence-electron chi connectivity index (χ3n) is 3.17. The maximum atomic E-state index is 10.3. The van der Waals surface area contributed by atoms with Crippen LogP contribution in [0.4, 0.5) is 0 Å². The maximum Gasteiger partial charge on any atom is 0.139 e. The Balaban J connectivity index is 1.99. The van der Waals surface area contributed by atoms with E-state index in [1.54, 1.807) is 6.07 Å². The molecule has 0 saturated heterocycles. The van der Waals surface area contributed by atoms with Gasteiger partial charge in [0.2, 0.25) is 0 Å². The number of ether oxygens (including phenoxy) is 1. The van der Waals surface area contributed by atoms with Crippen LogP contribution in [0.3, 0.4) is 0 Å². The Labute approximate surface area is 115 Å². The van der Waals surface area contributed by atoms with E-state index in [0.29, 0.717) is 17.4 Å². The maximum absolute atomic E-state index is 10.3. The molecule has 1 aromatic carbocycles. The van der Waals surface area contributed by atoms with Gasteiger partial charge in [0.1, 0.15) is 12.4 Å². The number of hydrogen-bond acceptors (Lipinski definition) is 2. The monoisotopic (exact) mass is 318 g/mol. The predicted molar refractivity (Wildman–Crippen MR) is 72.7 cm³/mol. The molecule has 0 aliphatic heterocycles. The molecular weight excluding hydrogens is 303 g/mol. The summed E-state index contributed by atoms with van der Waals surface area (Å²) in [6.45, 7) is 0.323. The lowest BCUT2D eigenvalue weighted by Gasteiger charge is -2.31. The second kappa shape index (κ2) is 5.59. The SMILES string of the molecule is OC1(COc2cc(Br)ccc2Cl)CCCCC1. The Morgan fingerprint density at radius 1 is 1.29 bits per heavy atom. The molecule has 0 heterocycles. The van der Waals surface area contributed by atoms with Crippen molar-refractivity contribution in [3.05, 3.63) is 27.7 Å². The highest BCUT2D eigenvalue weighted by Crippen LogP contribution is 2.32. The molecule has 4 heteroatoms. The van der Waals surface area contributed by atoms with Gasteiger partial charge in [-0.15, -0.1) is 0 Å². The summed E-state index contributed by atoms with van der Waals surface area (Å²) in [4.78, 5) is 0. The lowest BCUT2D eigenvalue weighted by atomic mass is 9.85. The Kier molecular flexibility index (Phi) is 4.34. The van der Waals surface area contributed by atoms with Gasteiger partial charge in [0, 0.05) is 4.47 Å². The number of benzene rings is 1. The fraction of sp³-hybridized carbons (Fsp3) is 0.538. The van der Waals surface area contributed by atoms with Crippen LogP contribution >= 0.6 is 27.5 Å². The first-order valence-electron chi connectivity index (χ1n) is 5.89. The lowest BCUT2D eigenvalue weighted by Crippen LogP contribution is -2.37. The van der Waals surface area contributed by atoms with Gasteiger partial charge in [0.15, 0.2) is 0 Å². The van der Waals surface area contributed by atoms with E-state index in [1.807, 2.05) is 12.1 Å². The average molecular weight is 320 g/mol. The summed E-state index contributed by atoms with van der Waals surface area (Å²) in [5.74, 6) is 0.625. The summed E-state index contributed by atoms with van der Waals surface area (Å²) in [6, 6.07) is 5.48. The van der Waals surface area contributed by atoms with Crippen molar-refractivity contribution < 1.29 is 9.84 Å². The van der Waals surface area contributed by atoms with E-state index in [0.717, 1.165) is 30.2 Å². The van der Waals surface area contributed by atoms with Crippen LogP contribution in [0, 0.1) is 0 Å². The van der Waals surface area contributed by atoms with Crippen molar-refractivity contribution in [2.45, 2.75) is 37.7 Å². The molecule has 0 atom stereocenters. The van der Waals surface area contributed by atoms with Gasteiger partial charge in [0.05, 0.1) is 10.6 Å². The van der Waals surface area contributed by atoms with E-state index in [4.69, 9.17) is 16.3 Å². The topological polar surface area (TPSA) is 29.5 Å². The Hall–Kier alpha value is -0.250. The van der Waals surface area contributed by atoms with Crippen molar-refractivity contribution >= 4 is 27.5 Å². The van der Waals surface area contributed by atoms with Crippen molar-refractivity contribution in [3.8, 4) is 5.75 Å². The van der Waals surface area contributed by atoms with Crippen molar-refractivity contribution in [1.29, 1.82) is 0 Å². The largest absolute Gasteiger partial charge is 0.489 e. The summed E-state index contributed by atoms with van der Waals surface area (Å²) in [7, 11) is 0. The predicted octanol–water partition coefficient (Wildman–Crippen LogP) is 4.18. The first-order chi connectivity index (χ1) is 8.09. The zero-order valence-corrected chi connectivity index (χ0v) is 11.9. The van der Waals surface area contributed by atoms with Crippen LogP contribution < -0.4 is 4.74 Å². The molecule has 1 aliphatic carbocycles. The van der Waals surface area contributed by atoms with Crippen LogP contribution in [0.15, 0.2) is 22.7 Å². The van der Waals surface area contributed by atoms with Crippen molar-refractivity contribution in [2.24, 2.45) is 0 Å². The Morgan fingerprint density at radius 3 is 2.71 bits per heavy atom. The third kappa shape index (κ3) is 3.60. The highest BCUT2D eigenvalue weighted by molar-refractivity contribution is 9.10. The molecule has 1 aromatic rings. The van der Waals surface area contributed by atoms with E-state index in [-0.39, 0.29) is 0 Å². The van der Waals surface area contributed by atoms with E-state index >= 15 is 0 Å². The minimum Gasteiger partial charge on any atom is -0.489 e. The second-order valence-electron chi connectivity index (χ2n) is 4.65. The Bertz CT molecular complexity index is 389. The minimum absolute atomic E-state index is 0.323. The summed E-state index contributed by atoms with van der Waals surface area (Å²) in [5.41, 5.74) is -0.677. The molecular formula is C13H16BrClO2. The fourth-order valence-electron chi connectivity index (χ4n) is 2.15. The van der Waals surface area contributed by atoms with Gasteiger partial charge in [-0.05, 0) is 31.0 Å². The Morgan fingerprint density at radius 2 is 2.00 bits per heavy atom. The minimum atomic E-state index is -0.677. The number of hydrogen-bond donors (Lipinski definition) is 1. The highest BCUT2D eigenvalue weighted by atomic mass is 79.9. The van der Waals surface area contributed by atoms with Crippen LogP contribution in [-0.4, -0.2) is 17.3 Å². The van der Waals surface area contributed by atoms with E-state index < -0.39 is 5.60 Å². The normalized spacial score (nSPS) is 19.0. The van der Waals surface area contributed by atoms with Gasteiger partial charge in [-0.2, -0.15) is 0 Å². The second-order valence-corrected chi connectivity index (χ2v) is 5.97. The van der Waals surface area contributed by atoms with E-state index in [2.05, 4.69) is 15.9 Å². The number of aliphatic hydroxyl groups is 1. The van der Waals surface area contributed by atoms with Crippen LogP contribution in [0.1, 0.15) is 32.1 Å². The molecule has 0 bridgehead atoms. The quantitative estimate of drug-likeness (QED) is 0.906. The summed E-state index contributed by atoms with van der Waals surface area (Å²) in [5, 5.41) is 10.9. The standard InChI is InChI=1S/C13H16BrClO2/c14-10-4-5-11(15)12(8-10)17-9-13(16)6-2-1-3-7-13/h4-5,8,16H,1-3,6-7,9H2. The van der Waals surface area contributed by atoms with Gasteiger partial charge in [-0.1, -0.05) is 46.8 Å². The molecule has 0 aromatic heterocycles. The third-order valence-corrected chi connectivity index (χ3v) is 3.98. The molecule has 2 nitrogen and oxygen atoms in total. The van der Waals surface area contributed by atoms with Gasteiger partial charge in [0.25, 0.3) is 0 Å². The average Bonchev–Trinajstić information content (AvgIpc) is 2.31. The summed E-state index contributed by atoms with van der Waals surface area (Å²) >= 11 is 9.41. The van der Waals surface area contributed by atoms with Gasteiger partial charge < -0.3 is 9.84 Å². The van der Waals surface area contributed by atoms with Gasteiger partial charge in [-0.25, -0.2) is 0 Å². The molecule has 0 unspecified atom stereocenters. The molecule has 0 amide bonds. The molecule has 1 fully saturated rings. The van der Waals surface area contributed by atoms with Crippen molar-refractivity contribution in [3.63, 3.8) is 0 Å². The number of halogens is 2. The zero-order valence-electron chi connectivity index (χ0n) is 9.59. The molecule has 0 spiro atoms. The number of rotatable bonds is 3. The molecule has 1 N–H and O–H groups in total. The first kappa shape index (κ1) is 13.2. The molecule has 2 rings (SSSR count). The molecule has 94 valence electrons. The van der Waals surface area contributed by atoms with Crippen LogP contribution in [-0.2, 0) is 0 Å². The van der Waals surface area contributed by atoms with E-state index in [1.165, 1.54) is 6.42 Å². The first-order valence-corrected chi connectivity index (χ1v) is 7.06. The van der Waals surface area contributed by atoms with Crippen molar-refractivity contribution in [2.75, 3.05) is 6.61 Å². The smallest absolute Gasteiger partial charge is 0.139 e. The van der Waals surface area contributed by atoms with Crippen LogP contribution in [0.2, 0.25) is 5.02 Å².